The molecule has 9 nitrogen and oxygen atoms in total. The Balaban J connectivity index is 4.20. The summed E-state index contributed by atoms with van der Waals surface area (Å²) in [7, 11) is 1.44. The van der Waals surface area contributed by atoms with Gasteiger partial charge in [0.2, 0.25) is 0 Å². The number of phosphoric ester groups is 1. The molecule has 0 fully saturated rings. The van der Waals surface area contributed by atoms with Crippen molar-refractivity contribution in [2.75, 3.05) is 47.5 Å². The van der Waals surface area contributed by atoms with Gasteiger partial charge in [-0.1, -0.05) is 261 Å². The number of quaternary nitrogens is 1. The maximum atomic E-state index is 12.9. The van der Waals surface area contributed by atoms with E-state index in [0.717, 1.165) is 148 Å². The number of phosphoric acid groups is 1. The van der Waals surface area contributed by atoms with Crippen LogP contribution >= 0.6 is 7.82 Å². The first-order valence-electron chi connectivity index (χ1n) is 32.9. The van der Waals surface area contributed by atoms with Crippen LogP contribution in [0.25, 0.3) is 0 Å². The molecule has 0 aliphatic heterocycles. The average Bonchev–Trinajstić information content (AvgIpc) is 3.61. The standard InChI is InChI=1S/C74H120NO8P/c1-6-8-10-12-14-16-18-20-22-24-26-28-30-32-34-35-36-37-38-39-41-43-45-47-49-51-53-55-57-59-61-63-65-67-74(77)83-72(71-82-84(78,79)81-69-68-75(3,4)5)70-80-73(76)66-64-62-60-58-56-54-52-50-48-46-44-42-40-33-31-29-27-25-23-21-19-17-15-13-11-9-7-2/h8-11,14-17,20-23,26-29,32-34,36-37,39-41,44,46,50,52,72H,6-7,12-13,18-19,24-25,30-31,35,38,42-43,45,47-49,51,53-71H2,1-5H3/p+1/b10-8-,11-9-,16-14-,17-15-,22-20-,23-21-,28-26-,29-27-,34-32-,37-36-,40-33-,41-39-,46-44-,52-50-. The van der Waals surface area contributed by atoms with E-state index in [2.05, 4.69) is 184 Å². The van der Waals surface area contributed by atoms with Crippen LogP contribution in [0.4, 0.5) is 0 Å². The van der Waals surface area contributed by atoms with Gasteiger partial charge in [0.15, 0.2) is 6.10 Å². The SMILES string of the molecule is CC/C=C\C/C=C\C/C=C\C/C=C\C/C=C\C/C=C\C/C=C\CCCCCCCCCCCCCC(=O)OC(COC(=O)CCCCCCC/C=C\C/C=C\C/C=C\C/C=C\C/C=C\C/C=C\C/C=C\CC)COP(=O)(O)OCC[N+](C)(C)C. The topological polar surface area (TPSA) is 108 Å². The number of allylic oxidation sites excluding steroid dienone is 28. The Hall–Kier alpha value is -4.63. The molecule has 0 saturated heterocycles. The number of hydrogen-bond acceptors (Lipinski definition) is 7. The van der Waals surface area contributed by atoms with Crippen molar-refractivity contribution in [1.29, 1.82) is 0 Å². The molecular weight excluding hydrogens is 1060 g/mol. The summed E-state index contributed by atoms with van der Waals surface area (Å²) in [6, 6.07) is 0. The predicted molar refractivity (Wildman–Crippen MR) is 362 cm³/mol. The summed E-state index contributed by atoms with van der Waals surface area (Å²) in [5.74, 6) is -0.835. The van der Waals surface area contributed by atoms with Gasteiger partial charge in [0.25, 0.3) is 0 Å². The number of rotatable bonds is 58. The van der Waals surface area contributed by atoms with Gasteiger partial charge in [-0.3, -0.25) is 18.6 Å². The molecule has 0 aromatic rings. The van der Waals surface area contributed by atoms with Crippen LogP contribution in [0.1, 0.15) is 232 Å². The van der Waals surface area contributed by atoms with Crippen LogP contribution in [0.15, 0.2) is 170 Å². The zero-order valence-electron chi connectivity index (χ0n) is 53.8. The molecule has 0 amide bonds. The van der Waals surface area contributed by atoms with Gasteiger partial charge in [-0.05, 0) is 128 Å². The Kier molecular flexibility index (Phi) is 59.4. The van der Waals surface area contributed by atoms with E-state index in [1.165, 1.54) is 44.9 Å². The second-order valence-corrected chi connectivity index (χ2v) is 23.8. The average molecular weight is 1180 g/mol. The molecule has 0 aromatic carbocycles. The van der Waals surface area contributed by atoms with Gasteiger partial charge < -0.3 is 18.9 Å². The Morgan fingerprint density at radius 3 is 0.952 bits per heavy atom. The summed E-state index contributed by atoms with van der Waals surface area (Å²) in [5.41, 5.74) is 0. The minimum Gasteiger partial charge on any atom is -0.462 e. The highest BCUT2D eigenvalue weighted by Crippen LogP contribution is 2.43. The summed E-state index contributed by atoms with van der Waals surface area (Å²) in [6.07, 6.45) is 95.7. The normalized spacial score (nSPS) is 14.3. The number of unbranched alkanes of at least 4 members (excludes halogenated alkanes) is 16. The summed E-state index contributed by atoms with van der Waals surface area (Å²) < 4.78 is 34.6. The monoisotopic (exact) mass is 1180 g/mol. The third kappa shape index (κ3) is 66.5. The van der Waals surface area contributed by atoms with Gasteiger partial charge >= 0.3 is 19.8 Å². The van der Waals surface area contributed by atoms with Crippen molar-refractivity contribution in [2.24, 2.45) is 0 Å². The summed E-state index contributed by atoms with van der Waals surface area (Å²) in [6.45, 7) is 4.16. The molecule has 0 rings (SSSR count). The highest BCUT2D eigenvalue weighted by Gasteiger charge is 2.27. The number of carbonyl (C=O) groups excluding carboxylic acids is 2. The van der Waals surface area contributed by atoms with Crippen LogP contribution in [0.2, 0.25) is 0 Å². The van der Waals surface area contributed by atoms with Crippen molar-refractivity contribution in [1.82, 2.24) is 0 Å². The quantitative estimate of drug-likeness (QED) is 0.0211. The van der Waals surface area contributed by atoms with Crippen LogP contribution in [0.3, 0.4) is 0 Å². The van der Waals surface area contributed by atoms with Gasteiger partial charge in [-0.2, -0.15) is 0 Å². The fourth-order valence-electron chi connectivity index (χ4n) is 8.27. The van der Waals surface area contributed by atoms with E-state index >= 15 is 0 Å². The maximum Gasteiger partial charge on any atom is 0.472 e. The third-order valence-electron chi connectivity index (χ3n) is 13.2. The minimum atomic E-state index is -4.41. The van der Waals surface area contributed by atoms with Gasteiger partial charge in [0, 0.05) is 12.8 Å². The molecular formula is C74H121NO8P+. The van der Waals surface area contributed by atoms with Crippen molar-refractivity contribution in [3.63, 3.8) is 0 Å². The molecule has 2 atom stereocenters. The van der Waals surface area contributed by atoms with Crippen molar-refractivity contribution >= 4 is 19.8 Å². The predicted octanol–water partition coefficient (Wildman–Crippen LogP) is 21.4. The summed E-state index contributed by atoms with van der Waals surface area (Å²) in [4.78, 5) is 35.8. The smallest absolute Gasteiger partial charge is 0.462 e. The number of nitrogens with zero attached hydrogens (tertiary/aromatic N) is 1. The van der Waals surface area contributed by atoms with Crippen molar-refractivity contribution in [2.45, 2.75) is 238 Å². The highest BCUT2D eigenvalue weighted by molar-refractivity contribution is 7.47. The lowest BCUT2D eigenvalue weighted by atomic mass is 10.0. The molecule has 0 heterocycles. The maximum absolute atomic E-state index is 12.9. The van der Waals surface area contributed by atoms with Crippen LogP contribution < -0.4 is 0 Å². The van der Waals surface area contributed by atoms with E-state index in [-0.39, 0.29) is 26.1 Å². The van der Waals surface area contributed by atoms with Crippen LogP contribution in [0, 0.1) is 0 Å². The second-order valence-electron chi connectivity index (χ2n) is 22.4. The van der Waals surface area contributed by atoms with Crippen LogP contribution in [-0.4, -0.2) is 74.9 Å². The molecule has 0 radical (unpaired) electrons. The molecule has 10 heteroatoms. The molecule has 474 valence electrons. The van der Waals surface area contributed by atoms with Crippen LogP contribution in [0.5, 0.6) is 0 Å². The molecule has 1 N–H and O–H groups in total. The molecule has 0 aromatic heterocycles. The van der Waals surface area contributed by atoms with E-state index in [1.807, 2.05) is 21.1 Å². The van der Waals surface area contributed by atoms with Crippen molar-refractivity contribution in [3.05, 3.63) is 170 Å². The first-order valence-corrected chi connectivity index (χ1v) is 34.4. The largest absolute Gasteiger partial charge is 0.472 e. The van der Waals surface area contributed by atoms with E-state index < -0.39 is 32.5 Å². The van der Waals surface area contributed by atoms with Crippen molar-refractivity contribution in [3.8, 4) is 0 Å². The molecule has 0 spiro atoms. The number of ether oxygens (including phenoxy) is 2. The molecule has 0 aliphatic rings. The lowest BCUT2D eigenvalue weighted by molar-refractivity contribution is -0.870. The Labute approximate surface area is 515 Å². The number of carbonyl (C=O) groups is 2. The van der Waals surface area contributed by atoms with Gasteiger partial charge in [0.05, 0.1) is 27.7 Å². The number of likely N-dealkylation sites (N-methyl/N-ethyl adjacent to an activating group) is 1. The molecule has 0 saturated carbocycles. The number of esters is 2. The van der Waals surface area contributed by atoms with E-state index in [0.29, 0.717) is 23.9 Å². The minimum absolute atomic E-state index is 0.0181. The zero-order chi connectivity index (χ0) is 61.2. The van der Waals surface area contributed by atoms with Gasteiger partial charge in [-0.25, -0.2) is 4.57 Å². The first kappa shape index (κ1) is 79.4. The van der Waals surface area contributed by atoms with Gasteiger partial charge in [-0.15, -0.1) is 0 Å². The Morgan fingerprint density at radius 2 is 0.643 bits per heavy atom. The molecule has 0 aliphatic carbocycles. The second kappa shape index (κ2) is 62.9. The summed E-state index contributed by atoms with van der Waals surface area (Å²) >= 11 is 0. The third-order valence-corrected chi connectivity index (χ3v) is 14.2. The zero-order valence-corrected chi connectivity index (χ0v) is 54.7. The van der Waals surface area contributed by atoms with E-state index in [9.17, 15) is 19.0 Å². The molecule has 2 unspecified atom stereocenters. The highest BCUT2D eigenvalue weighted by atomic mass is 31.2. The van der Waals surface area contributed by atoms with E-state index in [1.54, 1.807) is 0 Å². The fourth-order valence-corrected chi connectivity index (χ4v) is 9.01. The fraction of sp³-hybridized carbons (Fsp3) is 0.595. The number of hydrogen-bond donors (Lipinski definition) is 1. The van der Waals surface area contributed by atoms with Crippen molar-refractivity contribution < 1.29 is 42.1 Å². The lowest BCUT2D eigenvalue weighted by Gasteiger charge is -2.24. The molecule has 0 bridgehead atoms. The van der Waals surface area contributed by atoms with Crippen LogP contribution in [-0.2, 0) is 32.7 Å². The Bertz CT molecular complexity index is 2020. The summed E-state index contributed by atoms with van der Waals surface area (Å²) in [5, 5.41) is 0. The first-order chi connectivity index (χ1) is 41.0. The lowest BCUT2D eigenvalue weighted by Crippen LogP contribution is -2.37. The van der Waals surface area contributed by atoms with Gasteiger partial charge in [0.1, 0.15) is 19.8 Å². The molecule has 84 heavy (non-hydrogen) atoms. The van der Waals surface area contributed by atoms with E-state index in [4.69, 9.17) is 18.5 Å². The Morgan fingerprint density at radius 1 is 0.369 bits per heavy atom.